The van der Waals surface area contributed by atoms with E-state index in [1.807, 2.05) is 19.9 Å². The summed E-state index contributed by atoms with van der Waals surface area (Å²) in [5.41, 5.74) is 0.458. The predicted molar refractivity (Wildman–Crippen MR) is 90.8 cm³/mol. The second-order valence-corrected chi connectivity index (χ2v) is 6.44. The first-order valence-corrected chi connectivity index (χ1v) is 8.30. The molecular formula is C17H13FN4O2S. The van der Waals surface area contributed by atoms with Gasteiger partial charge in [0.05, 0.1) is 22.9 Å². The number of halogens is 1. The number of aromatic nitrogens is 2. The number of nitrogens with zero attached hydrogens (tertiary/aromatic N) is 3. The zero-order valence-corrected chi connectivity index (χ0v) is 14.2. The fourth-order valence-electron chi connectivity index (χ4n) is 2.09. The molecule has 1 amide bonds. The first-order chi connectivity index (χ1) is 12.0. The summed E-state index contributed by atoms with van der Waals surface area (Å²) in [7, 11) is 0. The molecule has 2 heterocycles. The van der Waals surface area contributed by atoms with E-state index in [2.05, 4.69) is 15.5 Å². The number of thiophene rings is 1. The van der Waals surface area contributed by atoms with Crippen LogP contribution in [0.25, 0.3) is 10.8 Å². The summed E-state index contributed by atoms with van der Waals surface area (Å²) >= 11 is 1.33. The largest absolute Gasteiger partial charge is 0.420 e. The maximum atomic E-state index is 14.0. The number of amides is 1. The van der Waals surface area contributed by atoms with Crippen LogP contribution in [0, 0.1) is 17.1 Å². The number of nitrogens with one attached hydrogen (secondary N) is 1. The number of hydrogen-bond acceptors (Lipinski definition) is 6. The average Bonchev–Trinajstić information content (AvgIpc) is 3.23. The Morgan fingerprint density at radius 1 is 1.36 bits per heavy atom. The van der Waals surface area contributed by atoms with Crippen LogP contribution in [0.15, 0.2) is 34.1 Å². The first kappa shape index (κ1) is 16.8. The molecular weight excluding hydrogens is 343 g/mol. The van der Waals surface area contributed by atoms with Crippen molar-refractivity contribution in [2.45, 2.75) is 19.8 Å². The van der Waals surface area contributed by atoms with Gasteiger partial charge >= 0.3 is 0 Å². The third-order valence-electron chi connectivity index (χ3n) is 3.39. The molecule has 3 rings (SSSR count). The monoisotopic (exact) mass is 356 g/mol. The number of hydrogen-bond donors (Lipinski definition) is 1. The highest BCUT2D eigenvalue weighted by atomic mass is 32.1. The third-order valence-corrected chi connectivity index (χ3v) is 4.29. The summed E-state index contributed by atoms with van der Waals surface area (Å²) in [6.07, 6.45) is 0. The SMILES string of the molecule is CC(C)c1nnc(-c2sccc2NC(=O)c2ccc(C#N)cc2F)o1. The van der Waals surface area contributed by atoms with Gasteiger partial charge in [0.15, 0.2) is 0 Å². The fraction of sp³-hybridized carbons (Fsp3) is 0.176. The van der Waals surface area contributed by atoms with Gasteiger partial charge in [-0.2, -0.15) is 5.26 Å². The molecule has 1 N–H and O–H groups in total. The van der Waals surface area contributed by atoms with Gasteiger partial charge in [-0.1, -0.05) is 13.8 Å². The van der Waals surface area contributed by atoms with E-state index < -0.39 is 11.7 Å². The molecule has 0 atom stereocenters. The quantitative estimate of drug-likeness (QED) is 0.757. The van der Waals surface area contributed by atoms with Crippen molar-refractivity contribution in [2.24, 2.45) is 0 Å². The average molecular weight is 356 g/mol. The smallest absolute Gasteiger partial charge is 0.259 e. The third kappa shape index (κ3) is 3.41. The summed E-state index contributed by atoms with van der Waals surface area (Å²) in [5, 5.41) is 21.1. The highest BCUT2D eigenvalue weighted by molar-refractivity contribution is 7.14. The van der Waals surface area contributed by atoms with Crippen LogP contribution in [-0.2, 0) is 0 Å². The van der Waals surface area contributed by atoms with E-state index in [4.69, 9.17) is 9.68 Å². The van der Waals surface area contributed by atoms with Crippen molar-refractivity contribution in [3.05, 3.63) is 52.5 Å². The van der Waals surface area contributed by atoms with E-state index in [0.717, 1.165) is 6.07 Å². The minimum atomic E-state index is -0.756. The van der Waals surface area contributed by atoms with E-state index in [1.54, 1.807) is 11.4 Å². The number of anilines is 1. The van der Waals surface area contributed by atoms with Crippen LogP contribution in [0.5, 0.6) is 0 Å². The van der Waals surface area contributed by atoms with Crippen LogP contribution < -0.4 is 5.32 Å². The Bertz CT molecular complexity index is 971. The lowest BCUT2D eigenvalue weighted by Gasteiger charge is -2.06. The van der Waals surface area contributed by atoms with Crippen LogP contribution in [0.2, 0.25) is 0 Å². The number of nitriles is 1. The minimum Gasteiger partial charge on any atom is -0.420 e. The molecule has 0 radical (unpaired) electrons. The Labute approximate surface area is 146 Å². The molecule has 0 unspecified atom stereocenters. The molecule has 0 saturated carbocycles. The van der Waals surface area contributed by atoms with E-state index in [-0.39, 0.29) is 17.0 Å². The van der Waals surface area contributed by atoms with Crippen LogP contribution in [0.4, 0.5) is 10.1 Å². The van der Waals surface area contributed by atoms with Gasteiger partial charge in [-0.25, -0.2) is 4.39 Å². The van der Waals surface area contributed by atoms with E-state index in [9.17, 15) is 9.18 Å². The summed E-state index contributed by atoms with van der Waals surface area (Å²) in [6, 6.07) is 7.19. The highest BCUT2D eigenvalue weighted by Crippen LogP contribution is 2.34. The molecule has 2 aromatic heterocycles. The number of carbonyl (C=O) groups is 1. The molecule has 0 fully saturated rings. The number of rotatable bonds is 4. The molecule has 126 valence electrons. The lowest BCUT2D eigenvalue weighted by atomic mass is 10.1. The molecule has 0 bridgehead atoms. The van der Waals surface area contributed by atoms with Gasteiger partial charge < -0.3 is 9.73 Å². The molecule has 3 aromatic rings. The van der Waals surface area contributed by atoms with Gasteiger partial charge in [0.2, 0.25) is 5.89 Å². The Morgan fingerprint density at radius 3 is 2.80 bits per heavy atom. The van der Waals surface area contributed by atoms with Gasteiger partial charge in [-0.05, 0) is 29.6 Å². The molecule has 1 aromatic carbocycles. The molecule has 25 heavy (non-hydrogen) atoms. The summed E-state index contributed by atoms with van der Waals surface area (Å²) in [4.78, 5) is 12.9. The Hall–Kier alpha value is -3.05. The van der Waals surface area contributed by atoms with Crippen LogP contribution in [-0.4, -0.2) is 16.1 Å². The van der Waals surface area contributed by atoms with Gasteiger partial charge in [0, 0.05) is 5.92 Å². The normalized spacial score (nSPS) is 10.7. The number of carbonyl (C=O) groups excluding carboxylic acids is 1. The Balaban J connectivity index is 1.86. The fourth-order valence-corrected chi connectivity index (χ4v) is 2.86. The second-order valence-electron chi connectivity index (χ2n) is 5.52. The van der Waals surface area contributed by atoms with Gasteiger partial charge in [-0.15, -0.1) is 21.5 Å². The first-order valence-electron chi connectivity index (χ1n) is 7.42. The molecule has 0 saturated heterocycles. The maximum Gasteiger partial charge on any atom is 0.259 e. The molecule has 8 heteroatoms. The highest BCUT2D eigenvalue weighted by Gasteiger charge is 2.19. The molecule has 0 spiro atoms. The van der Waals surface area contributed by atoms with Crippen molar-refractivity contribution >= 4 is 22.9 Å². The molecule has 0 aliphatic heterocycles. The van der Waals surface area contributed by atoms with Crippen LogP contribution in [0.1, 0.15) is 41.6 Å². The zero-order valence-electron chi connectivity index (χ0n) is 13.4. The topological polar surface area (TPSA) is 91.8 Å². The number of benzene rings is 1. The van der Waals surface area contributed by atoms with E-state index in [1.165, 1.54) is 23.5 Å². The van der Waals surface area contributed by atoms with Gasteiger partial charge in [0.25, 0.3) is 11.8 Å². The van der Waals surface area contributed by atoms with Crippen LogP contribution in [0.3, 0.4) is 0 Å². The van der Waals surface area contributed by atoms with Crippen molar-refractivity contribution in [1.29, 1.82) is 5.26 Å². The summed E-state index contributed by atoms with van der Waals surface area (Å²) < 4.78 is 19.6. The molecule has 6 nitrogen and oxygen atoms in total. The lowest BCUT2D eigenvalue weighted by molar-refractivity contribution is 0.102. The van der Waals surface area contributed by atoms with Crippen molar-refractivity contribution in [1.82, 2.24) is 10.2 Å². The lowest BCUT2D eigenvalue weighted by Crippen LogP contribution is -2.13. The van der Waals surface area contributed by atoms with Crippen molar-refractivity contribution in [3.63, 3.8) is 0 Å². The van der Waals surface area contributed by atoms with Crippen LogP contribution >= 0.6 is 11.3 Å². The maximum absolute atomic E-state index is 14.0. The second kappa shape index (κ2) is 6.83. The van der Waals surface area contributed by atoms with Crippen molar-refractivity contribution in [3.8, 4) is 16.8 Å². The van der Waals surface area contributed by atoms with Gasteiger partial charge in [0.1, 0.15) is 10.7 Å². The van der Waals surface area contributed by atoms with Gasteiger partial charge in [-0.3, -0.25) is 4.79 Å². The Morgan fingerprint density at radius 2 is 2.16 bits per heavy atom. The van der Waals surface area contributed by atoms with E-state index >= 15 is 0 Å². The van der Waals surface area contributed by atoms with Crippen molar-refractivity contribution in [2.75, 3.05) is 5.32 Å². The predicted octanol–water partition coefficient (Wildman–Crippen LogP) is 4.18. The summed E-state index contributed by atoms with van der Waals surface area (Å²) in [6.45, 7) is 3.87. The zero-order chi connectivity index (χ0) is 18.0. The standard InChI is InChI=1S/C17H13FN4O2S/c1-9(2)16-21-22-17(24-16)14-13(5-6-25-14)20-15(23)11-4-3-10(8-19)7-12(11)18/h3-7,9H,1-2H3,(H,20,23). The molecule has 0 aliphatic rings. The van der Waals surface area contributed by atoms with E-state index in [0.29, 0.717) is 22.3 Å². The minimum absolute atomic E-state index is 0.0898. The Kier molecular flexibility index (Phi) is 4.59. The van der Waals surface area contributed by atoms with Crippen molar-refractivity contribution < 1.29 is 13.6 Å². The molecule has 0 aliphatic carbocycles. The summed E-state index contributed by atoms with van der Waals surface area (Å²) in [5.74, 6) is -0.487.